The van der Waals surface area contributed by atoms with Crippen molar-refractivity contribution in [1.29, 1.82) is 0 Å². The van der Waals surface area contributed by atoms with E-state index in [1.54, 1.807) is 0 Å². The summed E-state index contributed by atoms with van der Waals surface area (Å²) in [6.45, 7) is 0. The van der Waals surface area contributed by atoms with Crippen molar-refractivity contribution in [3.05, 3.63) is 133 Å². The van der Waals surface area contributed by atoms with E-state index in [0.717, 1.165) is 33.8 Å². The Labute approximate surface area is 213 Å². The minimum atomic E-state index is 1.03. The van der Waals surface area contributed by atoms with E-state index in [-0.39, 0.29) is 0 Å². The molecule has 0 aliphatic heterocycles. The maximum Gasteiger partial charge on any atom is 0.0802 e. The number of anilines is 3. The van der Waals surface area contributed by atoms with Crippen molar-refractivity contribution in [2.75, 3.05) is 4.90 Å². The number of rotatable bonds is 4. The second kappa shape index (κ2) is 8.63. The van der Waals surface area contributed by atoms with Crippen molar-refractivity contribution in [3.8, 4) is 11.3 Å². The van der Waals surface area contributed by atoms with Gasteiger partial charge in [-0.15, -0.1) is 11.3 Å². The Morgan fingerprint density at radius 1 is 0.500 bits per heavy atom. The molecule has 170 valence electrons. The second-order valence-electron chi connectivity index (χ2n) is 8.83. The van der Waals surface area contributed by atoms with E-state index in [2.05, 4.69) is 138 Å². The molecule has 0 unspecified atom stereocenters. The normalized spacial score (nSPS) is 11.3. The predicted octanol–water partition coefficient (Wildman–Crippen LogP) is 9.74. The Balaban J connectivity index is 1.42. The summed E-state index contributed by atoms with van der Waals surface area (Å²) in [4.78, 5) is 7.46. The topological polar surface area (TPSA) is 16.1 Å². The van der Waals surface area contributed by atoms with Gasteiger partial charge in [-0.3, -0.25) is 0 Å². The van der Waals surface area contributed by atoms with Crippen molar-refractivity contribution in [2.24, 2.45) is 0 Å². The van der Waals surface area contributed by atoms with Crippen molar-refractivity contribution >= 4 is 59.5 Å². The smallest absolute Gasteiger partial charge is 0.0802 e. The maximum atomic E-state index is 5.18. The van der Waals surface area contributed by atoms with Crippen LogP contribution in [0.4, 0.5) is 17.1 Å². The van der Waals surface area contributed by atoms with E-state index in [9.17, 15) is 0 Å². The molecule has 2 aromatic heterocycles. The number of aromatic nitrogens is 1. The van der Waals surface area contributed by atoms with Gasteiger partial charge in [0.2, 0.25) is 0 Å². The van der Waals surface area contributed by atoms with Crippen LogP contribution >= 0.6 is 11.3 Å². The summed E-state index contributed by atoms with van der Waals surface area (Å²) in [6.07, 6.45) is 0. The molecule has 0 fully saturated rings. The van der Waals surface area contributed by atoms with Crippen LogP contribution in [0.15, 0.2) is 133 Å². The van der Waals surface area contributed by atoms with Gasteiger partial charge in [0.25, 0.3) is 0 Å². The third-order valence-corrected chi connectivity index (χ3v) is 7.85. The van der Waals surface area contributed by atoms with Gasteiger partial charge >= 0.3 is 0 Å². The highest BCUT2D eigenvalue weighted by Gasteiger charge is 2.17. The fourth-order valence-electron chi connectivity index (χ4n) is 4.99. The Morgan fingerprint density at radius 2 is 1.06 bits per heavy atom. The molecule has 0 aliphatic rings. The molecule has 0 radical (unpaired) electrons. The van der Waals surface area contributed by atoms with Crippen LogP contribution in [0.5, 0.6) is 0 Å². The van der Waals surface area contributed by atoms with Gasteiger partial charge in [-0.25, -0.2) is 4.98 Å². The molecular formula is C33H22N2S. The molecule has 0 aliphatic carbocycles. The van der Waals surface area contributed by atoms with E-state index in [0.29, 0.717) is 0 Å². The molecular weight excluding hydrogens is 456 g/mol. The number of pyridine rings is 1. The quantitative estimate of drug-likeness (QED) is 0.250. The minimum Gasteiger partial charge on any atom is -0.311 e. The van der Waals surface area contributed by atoms with Crippen molar-refractivity contribution in [2.45, 2.75) is 0 Å². The van der Waals surface area contributed by atoms with Gasteiger partial charge in [0.15, 0.2) is 0 Å². The lowest BCUT2D eigenvalue weighted by molar-refractivity contribution is 1.28. The van der Waals surface area contributed by atoms with E-state index in [1.165, 1.54) is 25.6 Å². The largest absolute Gasteiger partial charge is 0.311 e. The second-order valence-corrected chi connectivity index (χ2v) is 9.89. The number of fused-ring (bicyclic) bond motifs is 5. The molecule has 0 bridgehead atoms. The number of para-hydroxylation sites is 3. The molecule has 0 saturated carbocycles. The molecule has 0 amide bonds. The van der Waals surface area contributed by atoms with Gasteiger partial charge < -0.3 is 4.90 Å². The lowest BCUT2D eigenvalue weighted by atomic mass is 10.0. The first-order valence-electron chi connectivity index (χ1n) is 12.1. The molecule has 0 N–H and O–H groups in total. The van der Waals surface area contributed by atoms with Crippen LogP contribution in [-0.2, 0) is 0 Å². The summed E-state index contributed by atoms with van der Waals surface area (Å²) in [6, 6.07) is 47.0. The van der Waals surface area contributed by atoms with Gasteiger partial charge in [0, 0.05) is 48.2 Å². The standard InChI is InChI=1S/C33H22N2S/c1-3-11-24(12-4-1)35(25-13-5-2-6-14-25)26-21-19-23(20-22-26)32-31-28-16-8-10-18-30(28)36-33(31)27-15-7-9-17-29(27)34-32/h1-22H. The maximum absolute atomic E-state index is 5.18. The minimum absolute atomic E-state index is 1.03. The van der Waals surface area contributed by atoms with Gasteiger partial charge in [-0.2, -0.15) is 0 Å². The Bertz CT molecular complexity index is 1780. The van der Waals surface area contributed by atoms with E-state index in [4.69, 9.17) is 4.98 Å². The number of benzene rings is 5. The zero-order valence-corrected chi connectivity index (χ0v) is 20.3. The van der Waals surface area contributed by atoms with Crippen LogP contribution in [0, 0.1) is 0 Å². The Hall–Kier alpha value is -4.47. The van der Waals surface area contributed by atoms with Crippen LogP contribution in [0.1, 0.15) is 0 Å². The molecule has 5 aromatic carbocycles. The lowest BCUT2D eigenvalue weighted by Gasteiger charge is -2.25. The summed E-state index contributed by atoms with van der Waals surface area (Å²) < 4.78 is 2.60. The number of nitrogens with zero attached hydrogens (tertiary/aromatic N) is 2. The highest BCUT2D eigenvalue weighted by molar-refractivity contribution is 7.26. The fraction of sp³-hybridized carbons (Fsp3) is 0. The zero-order chi connectivity index (χ0) is 23.9. The predicted molar refractivity (Wildman–Crippen MR) is 155 cm³/mol. The molecule has 7 aromatic rings. The van der Waals surface area contributed by atoms with Crippen molar-refractivity contribution in [3.63, 3.8) is 0 Å². The highest BCUT2D eigenvalue weighted by Crippen LogP contribution is 2.43. The van der Waals surface area contributed by atoms with Gasteiger partial charge in [-0.05, 0) is 48.5 Å². The fourth-order valence-corrected chi connectivity index (χ4v) is 6.23. The van der Waals surface area contributed by atoms with Crippen LogP contribution in [0.25, 0.3) is 42.3 Å². The Morgan fingerprint density at radius 3 is 1.75 bits per heavy atom. The number of hydrogen-bond acceptors (Lipinski definition) is 3. The van der Waals surface area contributed by atoms with Gasteiger partial charge in [0.05, 0.1) is 11.2 Å². The van der Waals surface area contributed by atoms with E-state index < -0.39 is 0 Å². The third kappa shape index (κ3) is 3.44. The van der Waals surface area contributed by atoms with Gasteiger partial charge in [0.1, 0.15) is 0 Å². The van der Waals surface area contributed by atoms with E-state index in [1.807, 2.05) is 11.3 Å². The molecule has 2 heterocycles. The highest BCUT2D eigenvalue weighted by atomic mass is 32.1. The first-order valence-corrected chi connectivity index (χ1v) is 12.9. The molecule has 7 rings (SSSR count). The SMILES string of the molecule is c1ccc(N(c2ccccc2)c2ccc(-c3nc4ccccc4c4sc5ccccc5c34)cc2)cc1. The Kier molecular flexibility index (Phi) is 5.00. The van der Waals surface area contributed by atoms with Crippen molar-refractivity contribution in [1.82, 2.24) is 4.98 Å². The lowest BCUT2D eigenvalue weighted by Crippen LogP contribution is -2.09. The monoisotopic (exact) mass is 478 g/mol. The molecule has 3 heteroatoms. The molecule has 0 spiro atoms. The number of thiophene rings is 1. The van der Waals surface area contributed by atoms with Crippen LogP contribution in [0.3, 0.4) is 0 Å². The first-order chi connectivity index (χ1) is 17.9. The van der Waals surface area contributed by atoms with Crippen LogP contribution < -0.4 is 4.90 Å². The number of hydrogen-bond donors (Lipinski definition) is 0. The summed E-state index contributed by atoms with van der Waals surface area (Å²) in [5, 5.41) is 3.73. The van der Waals surface area contributed by atoms with Crippen molar-refractivity contribution < 1.29 is 0 Å². The average Bonchev–Trinajstić information content (AvgIpc) is 3.35. The summed E-state index contributed by atoms with van der Waals surface area (Å²) in [7, 11) is 0. The van der Waals surface area contributed by atoms with Gasteiger partial charge in [-0.1, -0.05) is 84.9 Å². The third-order valence-electron chi connectivity index (χ3n) is 6.64. The molecule has 0 saturated heterocycles. The first kappa shape index (κ1) is 20.9. The molecule has 2 nitrogen and oxygen atoms in total. The zero-order valence-electron chi connectivity index (χ0n) is 19.5. The summed E-state index contributed by atoms with van der Waals surface area (Å²) in [5.41, 5.74) is 6.57. The summed E-state index contributed by atoms with van der Waals surface area (Å²) in [5.74, 6) is 0. The molecule has 0 atom stereocenters. The van der Waals surface area contributed by atoms with E-state index >= 15 is 0 Å². The van der Waals surface area contributed by atoms with Crippen LogP contribution in [0.2, 0.25) is 0 Å². The average molecular weight is 479 g/mol. The van der Waals surface area contributed by atoms with Crippen LogP contribution in [-0.4, -0.2) is 4.98 Å². The molecule has 36 heavy (non-hydrogen) atoms. The summed E-state index contributed by atoms with van der Waals surface area (Å²) >= 11 is 1.85.